The zero-order valence-corrected chi connectivity index (χ0v) is 17.5. The van der Waals surface area contributed by atoms with Gasteiger partial charge in [0.05, 0.1) is 26.4 Å². The van der Waals surface area contributed by atoms with E-state index < -0.39 is 54.5 Å². The molecule has 0 radical (unpaired) electrons. The molecule has 1 saturated heterocycles. The molecule has 12 nitrogen and oxygen atoms in total. The average Bonchev–Trinajstić information content (AvgIpc) is 2.63. The summed E-state index contributed by atoms with van der Waals surface area (Å²) >= 11 is 0. The van der Waals surface area contributed by atoms with E-state index >= 15 is 0 Å². The molecule has 0 unspecified atom stereocenters. The first-order chi connectivity index (χ1) is 14.1. The zero-order valence-electron chi connectivity index (χ0n) is 17.5. The molecule has 1 rings (SSSR count). The van der Waals surface area contributed by atoms with Gasteiger partial charge in [-0.15, -0.1) is 0 Å². The van der Waals surface area contributed by atoms with Crippen LogP contribution < -0.4 is 5.32 Å². The van der Waals surface area contributed by atoms with Crippen molar-refractivity contribution in [3.63, 3.8) is 0 Å². The molecule has 0 spiro atoms. The Bertz CT molecular complexity index is 597. The number of ether oxygens (including phenoxy) is 6. The monoisotopic (exact) mass is 435 g/mol. The summed E-state index contributed by atoms with van der Waals surface area (Å²) in [6.07, 6.45) is -4.51. The van der Waals surface area contributed by atoms with Crippen LogP contribution in [-0.2, 0) is 47.6 Å². The predicted molar refractivity (Wildman–Crippen MR) is 97.9 cm³/mol. The van der Waals surface area contributed by atoms with Gasteiger partial charge < -0.3 is 38.8 Å². The maximum atomic E-state index is 11.7. The molecule has 1 aliphatic rings. The van der Waals surface area contributed by atoms with Crippen LogP contribution >= 0.6 is 0 Å². The quantitative estimate of drug-likeness (QED) is 0.225. The van der Waals surface area contributed by atoms with Crippen LogP contribution in [0.25, 0.3) is 0 Å². The van der Waals surface area contributed by atoms with Crippen molar-refractivity contribution in [3.05, 3.63) is 0 Å². The molecule has 0 aromatic carbocycles. The number of esters is 3. The van der Waals surface area contributed by atoms with Gasteiger partial charge in [-0.3, -0.25) is 19.2 Å². The Morgan fingerprint density at radius 2 is 1.53 bits per heavy atom. The van der Waals surface area contributed by atoms with Crippen LogP contribution in [0.5, 0.6) is 0 Å². The summed E-state index contributed by atoms with van der Waals surface area (Å²) < 4.78 is 32.1. The molecule has 1 amide bonds. The lowest BCUT2D eigenvalue weighted by Gasteiger charge is -2.44. The third-order valence-electron chi connectivity index (χ3n) is 3.82. The number of hydrogen-bond acceptors (Lipinski definition) is 11. The standard InChI is InChI=1S/C18H29NO11/c1-10(21)19-15-17(29-13(4)24)16(28-12(3)23)14(9-27-11(2)22)30-18(15)26-8-7-25-6-5-20/h14-18,20H,5-9H2,1-4H3,(H,19,21)/t14-,15+,16+,17-,18+/m1/s1. The van der Waals surface area contributed by atoms with Crippen molar-refractivity contribution >= 4 is 23.8 Å². The predicted octanol–water partition coefficient (Wildman–Crippen LogP) is -1.33. The van der Waals surface area contributed by atoms with Crippen molar-refractivity contribution in [2.45, 2.75) is 58.3 Å². The molecule has 1 fully saturated rings. The van der Waals surface area contributed by atoms with Crippen LogP contribution in [0.2, 0.25) is 0 Å². The molecule has 0 aromatic heterocycles. The largest absolute Gasteiger partial charge is 0.463 e. The van der Waals surface area contributed by atoms with E-state index in [9.17, 15) is 19.2 Å². The number of aliphatic hydroxyl groups is 1. The lowest BCUT2D eigenvalue weighted by atomic mass is 9.96. The first kappa shape index (κ1) is 25.8. The van der Waals surface area contributed by atoms with Gasteiger partial charge in [0, 0.05) is 27.7 Å². The first-order valence-corrected chi connectivity index (χ1v) is 9.36. The molecule has 0 bridgehead atoms. The van der Waals surface area contributed by atoms with Gasteiger partial charge in [-0.2, -0.15) is 0 Å². The molecule has 2 N–H and O–H groups in total. The summed E-state index contributed by atoms with van der Waals surface area (Å²) in [4.78, 5) is 46.3. The van der Waals surface area contributed by atoms with E-state index in [1.54, 1.807) is 0 Å². The van der Waals surface area contributed by atoms with E-state index in [0.717, 1.165) is 13.8 Å². The normalized spacial score (nSPS) is 25.8. The Morgan fingerprint density at radius 3 is 2.07 bits per heavy atom. The van der Waals surface area contributed by atoms with Gasteiger partial charge in [0.25, 0.3) is 0 Å². The number of aliphatic hydroxyl groups excluding tert-OH is 1. The van der Waals surface area contributed by atoms with Crippen LogP contribution in [0.4, 0.5) is 0 Å². The minimum atomic E-state index is -1.17. The molecule has 12 heteroatoms. The van der Waals surface area contributed by atoms with Gasteiger partial charge in [-0.25, -0.2) is 0 Å². The van der Waals surface area contributed by atoms with Gasteiger partial charge in [0.1, 0.15) is 18.8 Å². The van der Waals surface area contributed by atoms with Gasteiger partial charge in [-0.1, -0.05) is 0 Å². The van der Waals surface area contributed by atoms with Crippen molar-refractivity contribution in [1.29, 1.82) is 0 Å². The Labute approximate surface area is 174 Å². The van der Waals surface area contributed by atoms with Crippen LogP contribution in [0.3, 0.4) is 0 Å². The molecule has 1 heterocycles. The first-order valence-electron chi connectivity index (χ1n) is 9.36. The summed E-state index contributed by atoms with van der Waals surface area (Å²) in [5.74, 6) is -2.44. The van der Waals surface area contributed by atoms with E-state index in [1.165, 1.54) is 13.8 Å². The molecular weight excluding hydrogens is 406 g/mol. The molecule has 5 atom stereocenters. The lowest BCUT2D eigenvalue weighted by molar-refractivity contribution is -0.279. The minimum Gasteiger partial charge on any atom is -0.463 e. The van der Waals surface area contributed by atoms with Crippen LogP contribution in [0.15, 0.2) is 0 Å². The Kier molecular flexibility index (Phi) is 11.3. The SMILES string of the molecule is CC(=O)N[C@@H]1[C@@H](OCCOCCO)O[C@H](COC(C)=O)[C@H](OC(C)=O)[C@@H]1OC(C)=O. The highest BCUT2D eigenvalue weighted by Gasteiger charge is 2.51. The van der Waals surface area contributed by atoms with Crippen molar-refractivity contribution in [2.24, 2.45) is 0 Å². The van der Waals surface area contributed by atoms with Gasteiger partial charge in [0.15, 0.2) is 18.5 Å². The average molecular weight is 435 g/mol. The highest BCUT2D eigenvalue weighted by molar-refractivity contribution is 5.73. The molecule has 0 aromatic rings. The van der Waals surface area contributed by atoms with E-state index in [1.807, 2.05) is 0 Å². The fourth-order valence-corrected chi connectivity index (χ4v) is 2.82. The molecular formula is C18H29NO11. The summed E-state index contributed by atoms with van der Waals surface area (Å²) in [5, 5.41) is 11.3. The highest BCUT2D eigenvalue weighted by Crippen LogP contribution is 2.28. The van der Waals surface area contributed by atoms with E-state index in [2.05, 4.69) is 5.32 Å². The number of carbonyl (C=O) groups excluding carboxylic acids is 4. The van der Waals surface area contributed by atoms with Gasteiger partial charge in [0.2, 0.25) is 5.91 Å². The zero-order chi connectivity index (χ0) is 22.7. The number of carbonyl (C=O) groups is 4. The fraction of sp³-hybridized carbons (Fsp3) is 0.778. The van der Waals surface area contributed by atoms with Crippen LogP contribution in [-0.4, -0.2) is 92.6 Å². The number of nitrogens with one attached hydrogen (secondary N) is 1. The Hall–Kier alpha value is -2.28. The van der Waals surface area contributed by atoms with E-state index in [0.29, 0.717) is 0 Å². The minimum absolute atomic E-state index is 0.0199. The summed E-state index contributed by atoms with van der Waals surface area (Å²) in [6.45, 7) is 4.55. The lowest BCUT2D eigenvalue weighted by Crippen LogP contribution is -2.66. The maximum absolute atomic E-state index is 11.7. The molecule has 30 heavy (non-hydrogen) atoms. The van der Waals surface area contributed by atoms with Crippen LogP contribution in [0.1, 0.15) is 27.7 Å². The highest BCUT2D eigenvalue weighted by atomic mass is 16.7. The number of rotatable bonds is 11. The third-order valence-corrected chi connectivity index (χ3v) is 3.82. The molecule has 172 valence electrons. The smallest absolute Gasteiger partial charge is 0.303 e. The third kappa shape index (κ3) is 9.03. The summed E-state index contributed by atoms with van der Waals surface area (Å²) in [6, 6.07) is -1.03. The maximum Gasteiger partial charge on any atom is 0.303 e. The molecule has 1 aliphatic heterocycles. The second-order valence-electron chi connectivity index (χ2n) is 6.43. The van der Waals surface area contributed by atoms with E-state index in [-0.39, 0.29) is 33.0 Å². The topological polar surface area (TPSA) is 156 Å². The Balaban J connectivity index is 3.13. The van der Waals surface area contributed by atoms with Crippen molar-refractivity contribution in [2.75, 3.05) is 33.0 Å². The van der Waals surface area contributed by atoms with Crippen molar-refractivity contribution in [1.82, 2.24) is 5.32 Å². The van der Waals surface area contributed by atoms with Gasteiger partial charge >= 0.3 is 17.9 Å². The number of hydrogen-bond donors (Lipinski definition) is 2. The molecule has 0 aliphatic carbocycles. The Morgan fingerprint density at radius 1 is 0.900 bits per heavy atom. The van der Waals surface area contributed by atoms with Crippen LogP contribution in [0, 0.1) is 0 Å². The summed E-state index contributed by atoms with van der Waals surface area (Å²) in [5.41, 5.74) is 0. The van der Waals surface area contributed by atoms with Crippen molar-refractivity contribution in [3.8, 4) is 0 Å². The molecule has 0 saturated carbocycles. The van der Waals surface area contributed by atoms with Crippen molar-refractivity contribution < 1.29 is 52.7 Å². The number of amides is 1. The second kappa shape index (κ2) is 13.1. The fourth-order valence-electron chi connectivity index (χ4n) is 2.82. The van der Waals surface area contributed by atoms with E-state index in [4.69, 9.17) is 33.5 Å². The van der Waals surface area contributed by atoms with Gasteiger partial charge in [-0.05, 0) is 0 Å². The summed E-state index contributed by atoms with van der Waals surface area (Å²) in [7, 11) is 0. The second-order valence-corrected chi connectivity index (χ2v) is 6.43.